The average molecular weight is 344 g/mol. The van der Waals surface area contributed by atoms with Gasteiger partial charge in [-0.25, -0.2) is 0 Å². The Morgan fingerprint density at radius 3 is 2.48 bits per heavy atom. The normalized spacial score (nSPS) is 20.3. The summed E-state index contributed by atoms with van der Waals surface area (Å²) in [5.41, 5.74) is 2.64. The summed E-state index contributed by atoms with van der Waals surface area (Å²) in [6, 6.07) is 9.16. The van der Waals surface area contributed by atoms with Gasteiger partial charge in [-0.2, -0.15) is 0 Å². The Balaban J connectivity index is 1.36. The van der Waals surface area contributed by atoms with Crippen LogP contribution in [0.1, 0.15) is 50.5 Å². The summed E-state index contributed by atoms with van der Waals surface area (Å²) in [6.07, 6.45) is 8.18. The first kappa shape index (κ1) is 18.2. The van der Waals surface area contributed by atoms with E-state index in [9.17, 15) is 4.79 Å². The van der Waals surface area contributed by atoms with Crippen LogP contribution in [0.5, 0.6) is 0 Å². The van der Waals surface area contributed by atoms with Crippen molar-refractivity contribution >= 4 is 11.6 Å². The first-order valence-electron chi connectivity index (χ1n) is 10.0. The summed E-state index contributed by atoms with van der Waals surface area (Å²) in [5.74, 6) is 0.244. The van der Waals surface area contributed by atoms with Gasteiger partial charge in [0, 0.05) is 50.9 Å². The van der Waals surface area contributed by atoms with Crippen LogP contribution in [-0.2, 0) is 4.79 Å². The number of benzene rings is 1. The highest BCUT2D eigenvalue weighted by molar-refractivity contribution is 5.76. The molecule has 0 atom stereocenters. The van der Waals surface area contributed by atoms with Gasteiger partial charge in [0.15, 0.2) is 0 Å². The van der Waals surface area contributed by atoms with Crippen molar-refractivity contribution in [2.24, 2.45) is 0 Å². The first-order chi connectivity index (χ1) is 12.2. The summed E-state index contributed by atoms with van der Waals surface area (Å²) < 4.78 is 0. The van der Waals surface area contributed by atoms with Gasteiger partial charge in [0.2, 0.25) is 5.91 Å². The lowest BCUT2D eigenvalue weighted by Gasteiger charge is -2.36. The summed E-state index contributed by atoms with van der Waals surface area (Å²) >= 11 is 0. The molecular formula is C21H33N3O. The molecule has 2 aliphatic rings. The number of carbonyl (C=O) groups excluding carboxylic acids is 1. The van der Waals surface area contributed by atoms with Gasteiger partial charge in [-0.15, -0.1) is 0 Å². The predicted molar refractivity (Wildman–Crippen MR) is 104 cm³/mol. The van der Waals surface area contributed by atoms with E-state index in [0.717, 1.165) is 32.7 Å². The molecule has 0 aromatic heterocycles. The molecule has 4 heteroatoms. The molecule has 1 aliphatic carbocycles. The van der Waals surface area contributed by atoms with Crippen molar-refractivity contribution in [3.8, 4) is 0 Å². The van der Waals surface area contributed by atoms with E-state index >= 15 is 0 Å². The maximum atomic E-state index is 12.2. The van der Waals surface area contributed by atoms with Gasteiger partial charge in [-0.05, 0) is 37.5 Å². The maximum Gasteiger partial charge on any atom is 0.221 e. The van der Waals surface area contributed by atoms with Crippen LogP contribution in [0.3, 0.4) is 0 Å². The molecule has 138 valence electrons. The molecule has 0 radical (unpaired) electrons. The van der Waals surface area contributed by atoms with Crippen molar-refractivity contribution in [1.29, 1.82) is 0 Å². The molecule has 1 saturated carbocycles. The van der Waals surface area contributed by atoms with Crippen molar-refractivity contribution in [2.45, 2.75) is 57.9 Å². The average Bonchev–Trinajstić information content (AvgIpc) is 2.89. The fraction of sp³-hybridized carbons (Fsp3) is 0.667. The second-order valence-electron chi connectivity index (χ2n) is 7.67. The summed E-state index contributed by atoms with van der Waals surface area (Å²) in [7, 11) is 0. The van der Waals surface area contributed by atoms with Gasteiger partial charge in [-0.3, -0.25) is 9.69 Å². The van der Waals surface area contributed by atoms with E-state index in [1.807, 2.05) is 0 Å². The minimum Gasteiger partial charge on any atom is -0.369 e. The van der Waals surface area contributed by atoms with E-state index in [4.69, 9.17) is 0 Å². The van der Waals surface area contributed by atoms with Crippen LogP contribution >= 0.6 is 0 Å². The van der Waals surface area contributed by atoms with E-state index < -0.39 is 0 Å². The monoisotopic (exact) mass is 343 g/mol. The molecule has 1 saturated heterocycles. The van der Waals surface area contributed by atoms with Crippen LogP contribution in [0.25, 0.3) is 0 Å². The lowest BCUT2D eigenvalue weighted by Crippen LogP contribution is -2.47. The molecule has 0 spiro atoms. The van der Waals surface area contributed by atoms with Gasteiger partial charge in [-0.1, -0.05) is 37.8 Å². The lowest BCUT2D eigenvalue weighted by atomic mass is 10.1. The molecule has 1 heterocycles. The number of nitrogens with zero attached hydrogens (tertiary/aromatic N) is 2. The zero-order chi connectivity index (χ0) is 17.5. The number of anilines is 1. The maximum absolute atomic E-state index is 12.2. The molecule has 1 aliphatic heterocycles. The highest BCUT2D eigenvalue weighted by atomic mass is 16.1. The van der Waals surface area contributed by atoms with Crippen LogP contribution < -0.4 is 10.2 Å². The molecular weight excluding hydrogens is 310 g/mol. The summed E-state index contributed by atoms with van der Waals surface area (Å²) in [6.45, 7) is 7.23. The van der Waals surface area contributed by atoms with Gasteiger partial charge < -0.3 is 10.2 Å². The Kier molecular flexibility index (Phi) is 6.74. The SMILES string of the molecule is Cc1cccc(N2CCN(CCC(=O)NC3CCCCCC3)CC2)c1. The zero-order valence-corrected chi connectivity index (χ0v) is 15.7. The van der Waals surface area contributed by atoms with Crippen molar-refractivity contribution in [3.63, 3.8) is 0 Å². The molecule has 4 nitrogen and oxygen atoms in total. The Hall–Kier alpha value is -1.55. The van der Waals surface area contributed by atoms with Gasteiger partial charge >= 0.3 is 0 Å². The smallest absolute Gasteiger partial charge is 0.221 e. The van der Waals surface area contributed by atoms with E-state index in [0.29, 0.717) is 12.5 Å². The van der Waals surface area contributed by atoms with Crippen LogP contribution in [0.4, 0.5) is 5.69 Å². The second-order valence-corrected chi connectivity index (χ2v) is 7.67. The van der Waals surface area contributed by atoms with E-state index in [1.54, 1.807) is 0 Å². The van der Waals surface area contributed by atoms with Crippen molar-refractivity contribution in [3.05, 3.63) is 29.8 Å². The number of piperazine rings is 1. The number of rotatable bonds is 5. The van der Waals surface area contributed by atoms with Crippen molar-refractivity contribution in [2.75, 3.05) is 37.6 Å². The first-order valence-corrected chi connectivity index (χ1v) is 10.0. The predicted octanol–water partition coefficient (Wildman–Crippen LogP) is 3.35. The number of nitrogens with one attached hydrogen (secondary N) is 1. The van der Waals surface area contributed by atoms with Gasteiger partial charge in [0.25, 0.3) is 0 Å². The van der Waals surface area contributed by atoms with Crippen LogP contribution in [0.15, 0.2) is 24.3 Å². The molecule has 3 rings (SSSR count). The van der Waals surface area contributed by atoms with E-state index in [1.165, 1.54) is 49.8 Å². The van der Waals surface area contributed by atoms with E-state index in [2.05, 4.69) is 46.3 Å². The summed E-state index contributed by atoms with van der Waals surface area (Å²) in [4.78, 5) is 17.1. The standard InChI is InChI=1S/C21H33N3O/c1-18-7-6-10-20(17-18)24-15-13-23(14-16-24)12-11-21(25)22-19-8-4-2-3-5-9-19/h6-7,10,17,19H,2-5,8-9,11-16H2,1H3,(H,22,25). The van der Waals surface area contributed by atoms with Gasteiger partial charge in [0.1, 0.15) is 0 Å². The quantitative estimate of drug-likeness (QED) is 0.833. The molecule has 0 bridgehead atoms. The molecule has 0 unspecified atom stereocenters. The second kappa shape index (κ2) is 9.23. The van der Waals surface area contributed by atoms with Crippen LogP contribution in [0.2, 0.25) is 0 Å². The fourth-order valence-corrected chi connectivity index (χ4v) is 4.04. The number of hydrogen-bond acceptors (Lipinski definition) is 3. The fourth-order valence-electron chi connectivity index (χ4n) is 4.04. The van der Waals surface area contributed by atoms with Crippen LogP contribution in [-0.4, -0.2) is 49.6 Å². The Morgan fingerprint density at radius 1 is 1.08 bits per heavy atom. The minimum absolute atomic E-state index is 0.244. The van der Waals surface area contributed by atoms with Crippen molar-refractivity contribution in [1.82, 2.24) is 10.2 Å². The van der Waals surface area contributed by atoms with Crippen LogP contribution in [0, 0.1) is 6.92 Å². The topological polar surface area (TPSA) is 35.6 Å². The van der Waals surface area contributed by atoms with E-state index in [-0.39, 0.29) is 5.91 Å². The molecule has 1 amide bonds. The molecule has 1 aromatic carbocycles. The highest BCUT2D eigenvalue weighted by Crippen LogP contribution is 2.19. The van der Waals surface area contributed by atoms with Crippen molar-refractivity contribution < 1.29 is 4.79 Å². The Bertz CT molecular complexity index is 544. The third kappa shape index (κ3) is 5.74. The number of amides is 1. The Morgan fingerprint density at radius 2 is 1.80 bits per heavy atom. The third-order valence-electron chi connectivity index (χ3n) is 5.61. The number of carbonyl (C=O) groups is 1. The molecule has 2 fully saturated rings. The number of hydrogen-bond donors (Lipinski definition) is 1. The Labute approximate surface area is 152 Å². The van der Waals surface area contributed by atoms with Gasteiger partial charge in [0.05, 0.1) is 0 Å². The highest BCUT2D eigenvalue weighted by Gasteiger charge is 2.19. The zero-order valence-electron chi connectivity index (χ0n) is 15.7. The summed E-state index contributed by atoms with van der Waals surface area (Å²) in [5, 5.41) is 3.26. The number of aryl methyl sites for hydroxylation is 1. The molecule has 25 heavy (non-hydrogen) atoms. The third-order valence-corrected chi connectivity index (χ3v) is 5.61. The molecule has 1 aromatic rings. The lowest BCUT2D eigenvalue weighted by molar-refractivity contribution is -0.122. The minimum atomic E-state index is 0.244. The largest absolute Gasteiger partial charge is 0.369 e. The molecule has 1 N–H and O–H groups in total.